The van der Waals surface area contributed by atoms with Gasteiger partial charge < -0.3 is 10.0 Å². The maximum Gasteiger partial charge on any atom is 0.335 e. The van der Waals surface area contributed by atoms with Crippen LogP contribution in [0.1, 0.15) is 49.0 Å². The number of carboxylic acids is 1. The molecular weight excluding hydrogens is 266 g/mol. The molecule has 0 heterocycles. The zero-order chi connectivity index (χ0) is 15.4. The molecule has 1 aliphatic carbocycles. The van der Waals surface area contributed by atoms with E-state index in [2.05, 4.69) is 0 Å². The lowest BCUT2D eigenvalue weighted by Crippen LogP contribution is -2.42. The van der Waals surface area contributed by atoms with E-state index in [4.69, 9.17) is 5.11 Å². The molecule has 2 rings (SSSR count). The predicted octanol–water partition coefficient (Wildman–Crippen LogP) is 2.96. The van der Waals surface area contributed by atoms with Gasteiger partial charge in [-0.15, -0.1) is 0 Å². The lowest BCUT2D eigenvalue weighted by atomic mass is 9.85. The minimum absolute atomic E-state index is 0.0828. The van der Waals surface area contributed by atoms with E-state index in [1.54, 1.807) is 18.2 Å². The lowest BCUT2D eigenvalue weighted by Gasteiger charge is -2.35. The van der Waals surface area contributed by atoms with Crippen LogP contribution < -0.4 is 0 Å². The highest BCUT2D eigenvalue weighted by Gasteiger charge is 2.25. The fourth-order valence-corrected chi connectivity index (χ4v) is 2.64. The van der Waals surface area contributed by atoms with E-state index in [9.17, 15) is 9.59 Å². The van der Waals surface area contributed by atoms with Gasteiger partial charge in [-0.05, 0) is 50.3 Å². The van der Waals surface area contributed by atoms with Gasteiger partial charge in [-0.1, -0.05) is 18.6 Å². The molecule has 1 fully saturated rings. The largest absolute Gasteiger partial charge is 0.478 e. The molecule has 1 saturated carbocycles. The molecule has 0 saturated heterocycles. The lowest BCUT2D eigenvalue weighted by molar-refractivity contribution is -0.133. The van der Waals surface area contributed by atoms with Crippen LogP contribution in [-0.4, -0.2) is 34.5 Å². The molecule has 1 aromatic rings. The fourth-order valence-electron chi connectivity index (χ4n) is 2.64. The molecule has 0 atom stereocenters. The molecule has 4 heteroatoms. The predicted molar refractivity (Wildman–Crippen MR) is 81.3 cm³/mol. The maximum absolute atomic E-state index is 12.5. The third-order valence-electron chi connectivity index (χ3n) is 4.15. The van der Waals surface area contributed by atoms with Gasteiger partial charge in [-0.3, -0.25) is 4.79 Å². The zero-order valence-corrected chi connectivity index (χ0v) is 12.7. The van der Waals surface area contributed by atoms with Crippen LogP contribution in [0.5, 0.6) is 0 Å². The third kappa shape index (κ3) is 4.06. The van der Waals surface area contributed by atoms with Crippen LogP contribution in [0.25, 0.3) is 0 Å². The van der Waals surface area contributed by atoms with Gasteiger partial charge in [-0.2, -0.15) is 0 Å². The van der Waals surface area contributed by atoms with Crippen molar-refractivity contribution in [3.8, 4) is 0 Å². The number of amides is 1. The van der Waals surface area contributed by atoms with E-state index in [1.165, 1.54) is 19.3 Å². The first-order valence-corrected chi connectivity index (χ1v) is 7.59. The summed E-state index contributed by atoms with van der Waals surface area (Å²) in [6, 6.07) is 6.82. The van der Waals surface area contributed by atoms with Gasteiger partial charge in [0.25, 0.3) is 0 Å². The summed E-state index contributed by atoms with van der Waals surface area (Å²) in [6.07, 6.45) is 3.97. The van der Waals surface area contributed by atoms with E-state index >= 15 is 0 Å². The van der Waals surface area contributed by atoms with Gasteiger partial charge in [0.1, 0.15) is 0 Å². The Morgan fingerprint density at radius 3 is 2.57 bits per heavy atom. The minimum atomic E-state index is -0.959. The Labute approximate surface area is 125 Å². The maximum atomic E-state index is 12.5. The molecular formula is C17H23NO3. The van der Waals surface area contributed by atoms with Crippen molar-refractivity contribution in [2.45, 2.75) is 45.6 Å². The standard InChI is InChI=1S/C17H23NO3/c1-12(2)18(11-13-5-3-6-13)16(19)10-14-7-4-8-15(9-14)17(20)21/h4,7-9,12-13H,3,5-6,10-11H2,1-2H3,(H,20,21). The average molecular weight is 289 g/mol. The highest BCUT2D eigenvalue weighted by molar-refractivity contribution is 5.88. The summed E-state index contributed by atoms with van der Waals surface area (Å²) in [4.78, 5) is 25.4. The molecule has 0 bridgehead atoms. The van der Waals surface area contributed by atoms with Gasteiger partial charge in [0.2, 0.25) is 5.91 Å². The summed E-state index contributed by atoms with van der Waals surface area (Å²) in [5, 5.41) is 9.00. The highest BCUT2D eigenvalue weighted by atomic mass is 16.4. The molecule has 1 amide bonds. The van der Waals surface area contributed by atoms with Crippen molar-refractivity contribution in [3.05, 3.63) is 35.4 Å². The van der Waals surface area contributed by atoms with Crippen molar-refractivity contribution < 1.29 is 14.7 Å². The monoisotopic (exact) mass is 289 g/mol. The number of rotatable bonds is 6. The quantitative estimate of drug-likeness (QED) is 0.876. The number of hydrogen-bond donors (Lipinski definition) is 1. The molecule has 0 aliphatic heterocycles. The summed E-state index contributed by atoms with van der Waals surface area (Å²) in [7, 11) is 0. The van der Waals surface area contributed by atoms with Crippen LogP contribution in [0.4, 0.5) is 0 Å². The first-order chi connectivity index (χ1) is 9.97. The normalized spacial score (nSPS) is 14.8. The van der Waals surface area contributed by atoms with Crippen LogP contribution >= 0.6 is 0 Å². The Morgan fingerprint density at radius 2 is 2.05 bits per heavy atom. The Morgan fingerprint density at radius 1 is 1.33 bits per heavy atom. The summed E-state index contributed by atoms with van der Waals surface area (Å²) >= 11 is 0. The summed E-state index contributed by atoms with van der Waals surface area (Å²) in [5.41, 5.74) is 0.995. The molecule has 1 N–H and O–H groups in total. The second-order valence-corrected chi connectivity index (χ2v) is 6.12. The highest BCUT2D eigenvalue weighted by Crippen LogP contribution is 2.28. The fraction of sp³-hybridized carbons (Fsp3) is 0.529. The van der Waals surface area contributed by atoms with Crippen molar-refractivity contribution in [2.75, 3.05) is 6.54 Å². The Bertz CT molecular complexity index is 521. The average Bonchev–Trinajstić information content (AvgIpc) is 2.36. The van der Waals surface area contributed by atoms with Gasteiger partial charge in [0.05, 0.1) is 12.0 Å². The number of nitrogens with zero attached hydrogens (tertiary/aromatic N) is 1. The van der Waals surface area contributed by atoms with E-state index in [0.717, 1.165) is 12.1 Å². The van der Waals surface area contributed by atoms with Crippen LogP contribution in [0, 0.1) is 5.92 Å². The molecule has 114 valence electrons. The van der Waals surface area contributed by atoms with Crippen LogP contribution in [0.3, 0.4) is 0 Å². The number of carboxylic acid groups (broad SMARTS) is 1. The third-order valence-corrected chi connectivity index (χ3v) is 4.15. The van der Waals surface area contributed by atoms with Crippen LogP contribution in [0.15, 0.2) is 24.3 Å². The molecule has 0 spiro atoms. The van der Waals surface area contributed by atoms with Crippen molar-refractivity contribution >= 4 is 11.9 Å². The van der Waals surface area contributed by atoms with E-state index < -0.39 is 5.97 Å². The molecule has 4 nitrogen and oxygen atoms in total. The molecule has 0 aromatic heterocycles. The second kappa shape index (κ2) is 6.74. The Hall–Kier alpha value is -1.84. The zero-order valence-electron chi connectivity index (χ0n) is 12.7. The van der Waals surface area contributed by atoms with Crippen molar-refractivity contribution in [3.63, 3.8) is 0 Å². The number of aromatic carboxylic acids is 1. The van der Waals surface area contributed by atoms with Gasteiger partial charge in [-0.25, -0.2) is 4.79 Å². The second-order valence-electron chi connectivity index (χ2n) is 6.12. The van der Waals surface area contributed by atoms with Crippen molar-refractivity contribution in [1.82, 2.24) is 4.90 Å². The van der Waals surface area contributed by atoms with E-state index in [1.807, 2.05) is 24.8 Å². The van der Waals surface area contributed by atoms with Gasteiger partial charge in [0.15, 0.2) is 0 Å². The molecule has 0 unspecified atom stereocenters. The minimum Gasteiger partial charge on any atom is -0.478 e. The molecule has 21 heavy (non-hydrogen) atoms. The van der Waals surface area contributed by atoms with Gasteiger partial charge in [0, 0.05) is 12.6 Å². The van der Waals surface area contributed by atoms with E-state index in [0.29, 0.717) is 5.92 Å². The summed E-state index contributed by atoms with van der Waals surface area (Å²) in [5.74, 6) is -0.236. The van der Waals surface area contributed by atoms with Crippen LogP contribution in [0.2, 0.25) is 0 Å². The van der Waals surface area contributed by atoms with Crippen molar-refractivity contribution in [1.29, 1.82) is 0 Å². The summed E-state index contributed by atoms with van der Waals surface area (Å²) in [6.45, 7) is 4.89. The number of benzene rings is 1. The van der Waals surface area contributed by atoms with Gasteiger partial charge >= 0.3 is 5.97 Å². The van der Waals surface area contributed by atoms with Crippen molar-refractivity contribution in [2.24, 2.45) is 5.92 Å². The number of carbonyl (C=O) groups is 2. The molecule has 1 aliphatic rings. The molecule has 0 radical (unpaired) electrons. The number of carbonyl (C=O) groups excluding carboxylic acids is 1. The Balaban J connectivity index is 2.03. The topological polar surface area (TPSA) is 57.6 Å². The Kier molecular flexibility index (Phi) is 4.99. The van der Waals surface area contributed by atoms with Crippen LogP contribution in [-0.2, 0) is 11.2 Å². The first-order valence-electron chi connectivity index (χ1n) is 7.59. The number of hydrogen-bond acceptors (Lipinski definition) is 2. The summed E-state index contributed by atoms with van der Waals surface area (Å²) < 4.78 is 0. The first kappa shape index (κ1) is 15.5. The van der Waals surface area contributed by atoms with E-state index in [-0.39, 0.29) is 23.9 Å². The smallest absolute Gasteiger partial charge is 0.335 e. The SMILES string of the molecule is CC(C)N(CC1CCC1)C(=O)Cc1cccc(C(=O)O)c1. The molecule has 1 aromatic carbocycles.